The Kier molecular flexibility index (Phi) is 6.54. The summed E-state index contributed by atoms with van der Waals surface area (Å²) >= 11 is 12.2. The molecule has 30 heavy (non-hydrogen) atoms. The third kappa shape index (κ3) is 3.95. The molecule has 3 aromatic rings. The average Bonchev–Trinajstić information content (AvgIpc) is 2.70. The van der Waals surface area contributed by atoms with E-state index in [1.54, 1.807) is 49.4 Å². The average molecular weight is 446 g/mol. The molecule has 0 spiro atoms. The number of ether oxygens (including phenoxy) is 1. The van der Waals surface area contributed by atoms with Gasteiger partial charge in [0.25, 0.3) is 0 Å². The number of carbonyl (C=O) groups is 1. The van der Waals surface area contributed by atoms with Crippen molar-refractivity contribution in [3.8, 4) is 28.1 Å². The Bertz CT molecular complexity index is 1180. The zero-order valence-corrected chi connectivity index (χ0v) is 18.3. The zero-order chi connectivity index (χ0) is 22.0. The third-order valence-corrected chi connectivity index (χ3v) is 5.62. The molecule has 0 atom stereocenters. The normalized spacial score (nSPS) is 10.8. The molecule has 1 aromatic heterocycles. The summed E-state index contributed by atoms with van der Waals surface area (Å²) in [5, 5.41) is 10.6. The van der Waals surface area contributed by atoms with Crippen LogP contribution in [0.5, 0.6) is 5.75 Å². The molecule has 0 saturated carbocycles. The van der Waals surface area contributed by atoms with Crippen LogP contribution < -0.4 is 10.2 Å². The standard InChI is InChI=1S/C23H21Cl2NO4/c1-4-26-13(3)19(14-7-6-8-16(11-14)30-5-2)22(27)20(23(28)29)21(26)15-9-10-17(24)18(25)12-15/h6-12H,4-5H2,1-3H3,(H,28,29). The molecule has 7 heteroatoms. The van der Waals surface area contributed by atoms with E-state index in [1.807, 2.05) is 18.4 Å². The Morgan fingerprint density at radius 2 is 1.80 bits per heavy atom. The lowest BCUT2D eigenvalue weighted by Crippen LogP contribution is -2.25. The van der Waals surface area contributed by atoms with E-state index in [-0.39, 0.29) is 10.6 Å². The van der Waals surface area contributed by atoms with Gasteiger partial charge in [-0.2, -0.15) is 0 Å². The number of rotatable bonds is 6. The molecular weight excluding hydrogens is 425 g/mol. The second-order valence-electron chi connectivity index (χ2n) is 6.65. The zero-order valence-electron chi connectivity index (χ0n) is 16.8. The van der Waals surface area contributed by atoms with Crippen LogP contribution in [0.2, 0.25) is 10.0 Å². The monoisotopic (exact) mass is 445 g/mol. The topological polar surface area (TPSA) is 68.5 Å². The molecule has 0 radical (unpaired) electrons. The first-order valence-electron chi connectivity index (χ1n) is 9.49. The van der Waals surface area contributed by atoms with E-state index in [4.69, 9.17) is 27.9 Å². The van der Waals surface area contributed by atoms with Crippen molar-refractivity contribution in [2.45, 2.75) is 27.3 Å². The van der Waals surface area contributed by atoms with Crippen molar-refractivity contribution in [2.24, 2.45) is 0 Å². The molecule has 2 aromatic carbocycles. The van der Waals surface area contributed by atoms with Gasteiger partial charge in [-0.1, -0.05) is 41.4 Å². The number of pyridine rings is 1. The molecule has 0 bridgehead atoms. The van der Waals surface area contributed by atoms with Gasteiger partial charge in [0.1, 0.15) is 11.3 Å². The molecule has 0 saturated heterocycles. The van der Waals surface area contributed by atoms with Crippen LogP contribution in [0.15, 0.2) is 47.3 Å². The molecule has 0 aliphatic heterocycles. The number of hydrogen-bond donors (Lipinski definition) is 1. The molecule has 1 heterocycles. The summed E-state index contributed by atoms with van der Waals surface area (Å²) in [6, 6.07) is 11.9. The number of benzene rings is 2. The van der Waals surface area contributed by atoms with Crippen molar-refractivity contribution in [3.63, 3.8) is 0 Å². The lowest BCUT2D eigenvalue weighted by atomic mass is 9.96. The summed E-state index contributed by atoms with van der Waals surface area (Å²) in [5.74, 6) is -0.687. The number of carboxylic acids is 1. The highest BCUT2D eigenvalue weighted by Gasteiger charge is 2.26. The van der Waals surface area contributed by atoms with Crippen molar-refractivity contribution < 1.29 is 14.6 Å². The maximum Gasteiger partial charge on any atom is 0.341 e. The molecule has 0 amide bonds. The van der Waals surface area contributed by atoms with Crippen LogP contribution in [0.3, 0.4) is 0 Å². The van der Waals surface area contributed by atoms with E-state index in [0.717, 1.165) is 0 Å². The number of nitrogens with zero attached hydrogens (tertiary/aromatic N) is 1. The van der Waals surface area contributed by atoms with Crippen molar-refractivity contribution in [1.82, 2.24) is 4.57 Å². The highest BCUT2D eigenvalue weighted by atomic mass is 35.5. The maximum absolute atomic E-state index is 13.4. The molecule has 0 aliphatic rings. The SMILES string of the molecule is CCOc1cccc(-c2c(C)n(CC)c(-c3ccc(Cl)c(Cl)c3)c(C(=O)O)c2=O)c1. The van der Waals surface area contributed by atoms with Gasteiger partial charge in [-0.3, -0.25) is 4.79 Å². The number of aromatic carboxylic acids is 1. The fourth-order valence-corrected chi connectivity index (χ4v) is 3.92. The quantitative estimate of drug-likeness (QED) is 0.511. The van der Waals surface area contributed by atoms with Gasteiger partial charge < -0.3 is 14.4 Å². The van der Waals surface area contributed by atoms with Gasteiger partial charge in [0.05, 0.1) is 22.3 Å². The fraction of sp³-hybridized carbons (Fsp3) is 0.217. The predicted molar refractivity (Wildman–Crippen MR) is 120 cm³/mol. The molecule has 1 N–H and O–H groups in total. The van der Waals surface area contributed by atoms with E-state index in [2.05, 4.69) is 0 Å². The van der Waals surface area contributed by atoms with E-state index < -0.39 is 11.4 Å². The Morgan fingerprint density at radius 1 is 1.07 bits per heavy atom. The van der Waals surface area contributed by atoms with Gasteiger partial charge in [-0.05, 0) is 50.6 Å². The molecule has 156 valence electrons. The number of carboxylic acid groups (broad SMARTS) is 1. The predicted octanol–water partition coefficient (Wildman–Crippen LogP) is 5.91. The van der Waals surface area contributed by atoms with Gasteiger partial charge in [-0.15, -0.1) is 0 Å². The van der Waals surface area contributed by atoms with Crippen molar-refractivity contribution >= 4 is 29.2 Å². The molecule has 0 aliphatic carbocycles. The Balaban J connectivity index is 2.40. The van der Waals surface area contributed by atoms with Crippen LogP contribution in [-0.4, -0.2) is 22.2 Å². The summed E-state index contributed by atoms with van der Waals surface area (Å²) in [6.45, 7) is 6.51. The van der Waals surface area contributed by atoms with Crippen molar-refractivity contribution in [2.75, 3.05) is 6.61 Å². The molecule has 0 unspecified atom stereocenters. The largest absolute Gasteiger partial charge is 0.494 e. The van der Waals surface area contributed by atoms with Crippen LogP contribution >= 0.6 is 23.2 Å². The van der Waals surface area contributed by atoms with E-state index in [1.165, 1.54) is 0 Å². The molecule has 0 fully saturated rings. The minimum absolute atomic E-state index is 0.284. The lowest BCUT2D eigenvalue weighted by Gasteiger charge is -2.21. The molecule has 3 rings (SSSR count). The first-order valence-corrected chi connectivity index (χ1v) is 10.2. The Labute approximate surface area is 184 Å². The summed E-state index contributed by atoms with van der Waals surface area (Å²) < 4.78 is 7.36. The fourth-order valence-electron chi connectivity index (χ4n) is 3.62. The van der Waals surface area contributed by atoms with Crippen LogP contribution in [0.1, 0.15) is 29.9 Å². The smallest absolute Gasteiger partial charge is 0.341 e. The Morgan fingerprint density at radius 3 is 2.40 bits per heavy atom. The van der Waals surface area contributed by atoms with Crippen LogP contribution in [0, 0.1) is 6.92 Å². The number of aromatic nitrogens is 1. The summed E-state index contributed by atoms with van der Waals surface area (Å²) in [4.78, 5) is 25.6. The van der Waals surface area contributed by atoms with Gasteiger partial charge in [0.15, 0.2) is 0 Å². The second-order valence-corrected chi connectivity index (χ2v) is 7.47. The molecular formula is C23H21Cl2NO4. The number of hydrogen-bond acceptors (Lipinski definition) is 3. The Hall–Kier alpha value is -2.76. The lowest BCUT2D eigenvalue weighted by molar-refractivity contribution is 0.0695. The van der Waals surface area contributed by atoms with E-state index >= 15 is 0 Å². The van der Waals surface area contributed by atoms with E-state index in [9.17, 15) is 14.7 Å². The third-order valence-electron chi connectivity index (χ3n) is 4.88. The highest BCUT2D eigenvalue weighted by Crippen LogP contribution is 2.33. The minimum atomic E-state index is -1.30. The van der Waals surface area contributed by atoms with Crippen molar-refractivity contribution in [1.29, 1.82) is 0 Å². The molecule has 5 nitrogen and oxygen atoms in total. The van der Waals surface area contributed by atoms with Crippen LogP contribution in [-0.2, 0) is 6.54 Å². The number of halogens is 2. The summed E-state index contributed by atoms with van der Waals surface area (Å²) in [7, 11) is 0. The first-order chi connectivity index (χ1) is 14.3. The van der Waals surface area contributed by atoms with Gasteiger partial charge >= 0.3 is 5.97 Å². The summed E-state index contributed by atoms with van der Waals surface area (Å²) in [6.07, 6.45) is 0. The van der Waals surface area contributed by atoms with Crippen molar-refractivity contribution in [3.05, 3.63) is 74.0 Å². The van der Waals surface area contributed by atoms with Crippen LogP contribution in [0.4, 0.5) is 0 Å². The van der Waals surface area contributed by atoms with Gasteiger partial charge in [-0.25, -0.2) is 4.79 Å². The van der Waals surface area contributed by atoms with Gasteiger partial charge in [0.2, 0.25) is 5.43 Å². The maximum atomic E-state index is 13.4. The van der Waals surface area contributed by atoms with E-state index in [0.29, 0.717) is 52.0 Å². The van der Waals surface area contributed by atoms with Crippen LogP contribution in [0.25, 0.3) is 22.4 Å². The minimum Gasteiger partial charge on any atom is -0.494 e. The first kappa shape index (κ1) is 21.9. The second kappa shape index (κ2) is 8.94. The van der Waals surface area contributed by atoms with Gasteiger partial charge in [0, 0.05) is 23.4 Å². The highest BCUT2D eigenvalue weighted by molar-refractivity contribution is 6.42. The summed E-state index contributed by atoms with van der Waals surface area (Å²) in [5.41, 5.74) is 1.54.